The van der Waals surface area contributed by atoms with Crippen molar-refractivity contribution in [1.29, 1.82) is 0 Å². The number of halogens is 2. The van der Waals surface area contributed by atoms with Gasteiger partial charge in [-0.3, -0.25) is 4.79 Å². The van der Waals surface area contributed by atoms with Crippen molar-refractivity contribution in [3.05, 3.63) is 34.1 Å². The van der Waals surface area contributed by atoms with Crippen molar-refractivity contribution in [3.63, 3.8) is 0 Å². The third-order valence-corrected chi connectivity index (χ3v) is 4.05. The monoisotopic (exact) mass is 328 g/mol. The number of carbonyl (C=O) groups excluding carboxylic acids is 1. The molecular formula is C14H18BrFN2O. The maximum absolute atomic E-state index is 13.7. The topological polar surface area (TPSA) is 55.1 Å². The molecule has 0 aliphatic heterocycles. The van der Waals surface area contributed by atoms with Gasteiger partial charge < -0.3 is 11.1 Å². The summed E-state index contributed by atoms with van der Waals surface area (Å²) in [7, 11) is 0. The van der Waals surface area contributed by atoms with E-state index < -0.39 is 5.82 Å². The van der Waals surface area contributed by atoms with Crippen molar-refractivity contribution in [2.24, 2.45) is 5.73 Å². The van der Waals surface area contributed by atoms with Crippen LogP contribution in [0, 0.1) is 5.82 Å². The second-order valence-corrected chi connectivity index (χ2v) is 5.92. The van der Waals surface area contributed by atoms with Crippen LogP contribution in [-0.2, 0) is 0 Å². The van der Waals surface area contributed by atoms with E-state index in [0.29, 0.717) is 4.47 Å². The van der Waals surface area contributed by atoms with Gasteiger partial charge in [0.05, 0.1) is 5.56 Å². The Bertz CT molecular complexity index is 467. The summed E-state index contributed by atoms with van der Waals surface area (Å²) >= 11 is 3.17. The van der Waals surface area contributed by atoms with Gasteiger partial charge in [-0.05, 0) is 31.0 Å². The fraction of sp³-hybridized carbons (Fsp3) is 0.500. The summed E-state index contributed by atoms with van der Waals surface area (Å²) in [6.07, 6.45) is 5.08. The molecule has 0 aromatic heterocycles. The number of benzene rings is 1. The molecule has 0 heterocycles. The number of carbonyl (C=O) groups is 1. The number of nitrogens with one attached hydrogen (secondary N) is 1. The molecule has 0 spiro atoms. The molecule has 19 heavy (non-hydrogen) atoms. The molecule has 0 radical (unpaired) electrons. The highest BCUT2D eigenvalue weighted by molar-refractivity contribution is 9.10. The van der Waals surface area contributed by atoms with Crippen molar-refractivity contribution < 1.29 is 9.18 Å². The zero-order chi connectivity index (χ0) is 13.8. The highest BCUT2D eigenvalue weighted by atomic mass is 79.9. The molecule has 2 atom stereocenters. The van der Waals surface area contributed by atoms with Crippen LogP contribution in [0.25, 0.3) is 0 Å². The minimum absolute atomic E-state index is 0.0371. The van der Waals surface area contributed by atoms with Crippen molar-refractivity contribution >= 4 is 21.8 Å². The van der Waals surface area contributed by atoms with Gasteiger partial charge in [-0.25, -0.2) is 4.39 Å². The Labute approximate surface area is 120 Å². The van der Waals surface area contributed by atoms with Crippen LogP contribution in [0.4, 0.5) is 4.39 Å². The lowest BCUT2D eigenvalue weighted by molar-refractivity contribution is 0.0924. The molecule has 2 rings (SSSR count). The molecule has 2 unspecified atom stereocenters. The first-order valence-electron chi connectivity index (χ1n) is 6.59. The summed E-state index contributed by atoms with van der Waals surface area (Å²) in [5, 5.41) is 2.87. The summed E-state index contributed by atoms with van der Waals surface area (Å²) in [5.74, 6) is -0.901. The van der Waals surface area contributed by atoms with Gasteiger partial charge in [0, 0.05) is 16.6 Å². The SMILES string of the molecule is NC1CCCCCC1NC(=O)c1ccc(Br)cc1F. The quantitative estimate of drug-likeness (QED) is 0.820. The summed E-state index contributed by atoms with van der Waals surface area (Å²) in [6, 6.07) is 4.34. The summed E-state index contributed by atoms with van der Waals surface area (Å²) in [5.41, 5.74) is 6.12. The molecular weight excluding hydrogens is 311 g/mol. The Morgan fingerprint density at radius 1 is 1.32 bits per heavy atom. The molecule has 1 saturated carbocycles. The summed E-state index contributed by atoms with van der Waals surface area (Å²) in [4.78, 5) is 12.1. The molecule has 3 N–H and O–H groups in total. The van der Waals surface area contributed by atoms with Crippen molar-refractivity contribution in [2.75, 3.05) is 0 Å². The predicted molar refractivity (Wildman–Crippen MR) is 76.4 cm³/mol. The molecule has 1 aromatic rings. The van der Waals surface area contributed by atoms with Gasteiger partial charge in [-0.15, -0.1) is 0 Å². The molecule has 1 fully saturated rings. The van der Waals surface area contributed by atoms with E-state index in [4.69, 9.17) is 5.73 Å². The van der Waals surface area contributed by atoms with Crippen molar-refractivity contribution in [1.82, 2.24) is 5.32 Å². The molecule has 3 nitrogen and oxygen atoms in total. The largest absolute Gasteiger partial charge is 0.348 e. The van der Waals surface area contributed by atoms with E-state index in [9.17, 15) is 9.18 Å². The Balaban J connectivity index is 2.07. The first kappa shape index (κ1) is 14.5. The summed E-state index contributed by atoms with van der Waals surface area (Å²) < 4.78 is 14.3. The normalized spacial score (nSPS) is 23.7. The third-order valence-electron chi connectivity index (χ3n) is 3.56. The van der Waals surface area contributed by atoms with E-state index in [-0.39, 0.29) is 23.6 Å². The van der Waals surface area contributed by atoms with Crippen LogP contribution in [0.5, 0.6) is 0 Å². The van der Waals surface area contributed by atoms with E-state index in [2.05, 4.69) is 21.2 Å². The molecule has 1 amide bonds. The highest BCUT2D eigenvalue weighted by Gasteiger charge is 2.23. The Morgan fingerprint density at radius 2 is 2.05 bits per heavy atom. The first-order chi connectivity index (χ1) is 9.08. The fourth-order valence-electron chi connectivity index (χ4n) is 2.44. The minimum atomic E-state index is -0.519. The van der Waals surface area contributed by atoms with Crippen LogP contribution in [0.15, 0.2) is 22.7 Å². The van der Waals surface area contributed by atoms with Crippen LogP contribution in [0.3, 0.4) is 0 Å². The van der Waals surface area contributed by atoms with Gasteiger partial charge in [0.25, 0.3) is 5.91 Å². The lowest BCUT2D eigenvalue weighted by Crippen LogP contribution is -2.47. The van der Waals surface area contributed by atoms with E-state index in [0.717, 1.165) is 32.1 Å². The smallest absolute Gasteiger partial charge is 0.254 e. The standard InChI is InChI=1S/C14H18BrFN2O/c15-9-6-7-10(11(16)8-9)14(19)18-13-5-3-1-2-4-12(13)17/h6-8,12-13H,1-5,17H2,(H,18,19). The van der Waals surface area contributed by atoms with Gasteiger partial charge in [0.1, 0.15) is 5.82 Å². The highest BCUT2D eigenvalue weighted by Crippen LogP contribution is 2.19. The molecule has 0 saturated heterocycles. The molecule has 0 bridgehead atoms. The van der Waals surface area contributed by atoms with E-state index in [1.165, 1.54) is 12.1 Å². The number of rotatable bonds is 2. The van der Waals surface area contributed by atoms with Crippen LogP contribution in [0.1, 0.15) is 42.5 Å². The second-order valence-electron chi connectivity index (χ2n) is 5.01. The maximum Gasteiger partial charge on any atom is 0.254 e. The van der Waals surface area contributed by atoms with Crippen LogP contribution < -0.4 is 11.1 Å². The zero-order valence-corrected chi connectivity index (χ0v) is 12.2. The molecule has 5 heteroatoms. The summed E-state index contributed by atoms with van der Waals surface area (Å²) in [6.45, 7) is 0. The molecule has 1 aliphatic carbocycles. The van der Waals surface area contributed by atoms with Crippen LogP contribution in [0.2, 0.25) is 0 Å². The second kappa shape index (κ2) is 6.48. The van der Waals surface area contributed by atoms with Crippen molar-refractivity contribution in [3.8, 4) is 0 Å². The van der Waals surface area contributed by atoms with Gasteiger partial charge in [-0.2, -0.15) is 0 Å². The van der Waals surface area contributed by atoms with Gasteiger partial charge in [0.2, 0.25) is 0 Å². The number of nitrogens with two attached hydrogens (primary N) is 1. The first-order valence-corrected chi connectivity index (χ1v) is 7.38. The van der Waals surface area contributed by atoms with Gasteiger partial charge in [0.15, 0.2) is 0 Å². The average molecular weight is 329 g/mol. The van der Waals surface area contributed by atoms with Crippen LogP contribution in [-0.4, -0.2) is 18.0 Å². The molecule has 104 valence electrons. The zero-order valence-electron chi connectivity index (χ0n) is 10.7. The Hall–Kier alpha value is -0.940. The van der Waals surface area contributed by atoms with Gasteiger partial charge in [-0.1, -0.05) is 35.2 Å². The number of hydrogen-bond donors (Lipinski definition) is 2. The van der Waals surface area contributed by atoms with E-state index in [1.54, 1.807) is 6.07 Å². The predicted octanol–water partition coefficient (Wildman–Crippen LogP) is 2.98. The van der Waals surface area contributed by atoms with E-state index in [1.807, 2.05) is 0 Å². The lowest BCUT2D eigenvalue weighted by Gasteiger charge is -2.22. The average Bonchev–Trinajstić information content (AvgIpc) is 2.55. The van der Waals surface area contributed by atoms with Crippen molar-refractivity contribution in [2.45, 2.75) is 44.2 Å². The minimum Gasteiger partial charge on any atom is -0.348 e. The van der Waals surface area contributed by atoms with Gasteiger partial charge >= 0.3 is 0 Å². The lowest BCUT2D eigenvalue weighted by atomic mass is 10.0. The third kappa shape index (κ3) is 3.76. The van der Waals surface area contributed by atoms with E-state index >= 15 is 0 Å². The molecule has 1 aromatic carbocycles. The number of amides is 1. The van der Waals surface area contributed by atoms with Crippen LogP contribution >= 0.6 is 15.9 Å². The number of hydrogen-bond acceptors (Lipinski definition) is 2. The molecule has 1 aliphatic rings. The maximum atomic E-state index is 13.7. The Morgan fingerprint density at radius 3 is 2.79 bits per heavy atom. The fourth-order valence-corrected chi connectivity index (χ4v) is 2.77. The Kier molecular flexibility index (Phi) is 4.93.